The fraction of sp³-hybridized carbons (Fsp3) is 0.404. The minimum Gasteiger partial charge on any atom is -0.442 e. The summed E-state index contributed by atoms with van der Waals surface area (Å²) in [5.41, 5.74) is 29.1. The predicted octanol–water partition coefficient (Wildman–Crippen LogP) is 12.0. The number of imide groups is 1. The van der Waals surface area contributed by atoms with Gasteiger partial charge < -0.3 is 4.74 Å². The van der Waals surface area contributed by atoms with E-state index in [4.69, 9.17) is 27.9 Å². The third-order valence-electron chi connectivity index (χ3n) is 22.2. The number of carbonyl (C=O) groups is 9. The molecule has 0 saturated carbocycles. The minimum absolute atomic E-state index is 0.00354. The maximum atomic E-state index is 12.2. The van der Waals surface area contributed by atoms with Gasteiger partial charge in [-0.3, -0.25) is 131 Å². The van der Waals surface area contributed by atoms with Crippen molar-refractivity contribution in [3.8, 4) is 11.1 Å². The summed E-state index contributed by atoms with van der Waals surface area (Å²) in [6.45, 7) is 25.7. The molecule has 0 aliphatic carbocycles. The summed E-state index contributed by atoms with van der Waals surface area (Å²) >= 11 is 11.8. The molecule has 0 fully saturated rings. The summed E-state index contributed by atoms with van der Waals surface area (Å²) in [7, 11) is 0. The Labute approximate surface area is 809 Å². The second-order valence-corrected chi connectivity index (χ2v) is 35.0. The fourth-order valence-electron chi connectivity index (χ4n) is 14.4. The standard InChI is InChI=1S/C26H32N6O2.2C20H28N6O2.C17H17ClN4O3.C16H17ClN4O/c1-3-5-15-31-23(33)17-27-25(29-31)21-11-7-19(8-12-21)20-9-13-22(14-10-20)26-28-18-24(34)32(30-26)16-6-4-2;1-3-5-11-25-17(27)13-21-19(23-25)15-7-9-16(10-8-15)20-22-14-18(28)26(24-20)12-6-4-2;1-3-5-10-25-17(27)13-21-19(23-25)15-8-7-9-16(12-15)20-22-14-18(28)26(24-20)11-6-4-2;1-17(2,3)25-16(24)22-15(23)10-21-14(20-22)9-8-13(19-21)11-4-6-12(18)7-5-11;1-2-3-10-20-16(22)11-21-15(19-20)9-8-14(18-21)12-4-6-13(17)7-5-12/h7-14H,3-6,15-18H2,1-2H3,(H,27,29)(H,28,30);7-10H,3-6,11-14H2,1-2H3,(H,21,23)(H,22,24);7-9,12H,3-6,10-11,13-14H2,1-2H3,(H,21,23)(H,22,24);4-9H,10H2,1-3H3;4-9H,2-3,10-11H2,1H3. The van der Waals surface area contributed by atoms with Crippen LogP contribution in [0, 0.1) is 0 Å². The number of hydrazine groups is 6. The van der Waals surface area contributed by atoms with Gasteiger partial charge in [0.25, 0.3) is 47.3 Å². The van der Waals surface area contributed by atoms with Crippen molar-refractivity contribution in [3.05, 3.63) is 224 Å². The number of fused-ring (bicyclic) bond motifs is 2. The van der Waals surface area contributed by atoms with Crippen LogP contribution in [0.4, 0.5) is 4.79 Å². The number of amides is 9. The Morgan fingerprint density at radius 2 is 0.577 bits per heavy atom. The van der Waals surface area contributed by atoms with Crippen molar-refractivity contribution in [1.82, 2.24) is 82.6 Å². The molecular formula is C99H122Cl2N26O10. The van der Waals surface area contributed by atoms with E-state index in [1.54, 1.807) is 85.1 Å². The molecule has 0 unspecified atom stereocenters. The van der Waals surface area contributed by atoms with Gasteiger partial charge in [-0.05, 0) is 131 Å². The van der Waals surface area contributed by atoms with Gasteiger partial charge in [-0.25, -0.2) is 19.8 Å². The highest BCUT2D eigenvalue weighted by Crippen LogP contribution is 2.26. The van der Waals surface area contributed by atoms with Gasteiger partial charge in [0, 0.05) is 100 Å². The van der Waals surface area contributed by atoms with Gasteiger partial charge in [-0.2, -0.15) is 15.3 Å². The van der Waals surface area contributed by atoms with Crippen LogP contribution in [0.15, 0.2) is 220 Å². The second-order valence-electron chi connectivity index (χ2n) is 34.1. The highest BCUT2D eigenvalue weighted by atomic mass is 35.5. The lowest BCUT2D eigenvalue weighted by molar-refractivity contribution is -0.133. The Morgan fingerprint density at radius 1 is 0.314 bits per heavy atom. The van der Waals surface area contributed by atoms with Crippen molar-refractivity contribution in [1.29, 1.82) is 0 Å². The number of nitrogens with zero attached hydrogens (tertiary/aromatic N) is 20. The first kappa shape index (κ1) is 102. The first-order chi connectivity index (χ1) is 66.2. The van der Waals surface area contributed by atoms with Gasteiger partial charge in [-0.15, -0.1) is 10.1 Å². The SMILES string of the molecule is CC(C)(C)OC(=O)N1N=C2C=CC(c3ccc(Cl)cc3)=NN2CC1=O.CCCCN1N=C2C=CC(c3ccc(Cl)cc3)=NN2CC1=O.CCCCN1NC(c2ccc(-c3ccc(C4=NCC(=O)N(CCCC)N4)cc3)cc2)=NCC1=O.CCCCN1NC(c2ccc(C3=NCC(=O)N(CCCC)N3)cc2)=NCC1=O.CCCCN1NC(c2cccc(C3=NCC(=O)N(CCCC)N3)c2)=NCC1=O. The fourth-order valence-corrected chi connectivity index (χ4v) is 14.7. The van der Waals surface area contributed by atoms with Crippen LogP contribution in [0.3, 0.4) is 0 Å². The Balaban J connectivity index is 0.000000155. The van der Waals surface area contributed by atoms with E-state index < -0.39 is 17.6 Å². The molecule has 0 radical (unpaired) electrons. The number of ether oxygens (including phenoxy) is 1. The van der Waals surface area contributed by atoms with Crippen LogP contribution in [0.25, 0.3) is 11.1 Å². The number of hydrazone groups is 4. The zero-order valence-electron chi connectivity index (χ0n) is 79.5. The Kier molecular flexibility index (Phi) is 37.0. The van der Waals surface area contributed by atoms with Gasteiger partial charge in [0.15, 0.2) is 11.7 Å². The number of carbonyl (C=O) groups excluding carboxylic acids is 9. The molecule has 0 atom stereocenters. The van der Waals surface area contributed by atoms with Crippen LogP contribution in [-0.4, -0.2) is 265 Å². The average molecular weight is 1910 g/mol. The molecule has 10 heterocycles. The number of amidine groups is 8. The molecule has 6 aromatic carbocycles. The highest BCUT2D eigenvalue weighted by molar-refractivity contribution is 6.31. The Morgan fingerprint density at radius 3 is 0.869 bits per heavy atom. The van der Waals surface area contributed by atoms with Crippen LogP contribution in [0.5, 0.6) is 0 Å². The Bertz CT molecular complexity index is 5500. The average Bonchev–Trinajstić information content (AvgIpc) is 0.781. The number of nitrogens with one attached hydrogen (secondary N) is 6. The van der Waals surface area contributed by atoms with Crippen LogP contribution in [-0.2, 0) is 43.1 Å². The zero-order chi connectivity index (χ0) is 97.5. The number of aliphatic imine (C=N–C) groups is 6. The maximum absolute atomic E-state index is 12.2. The lowest BCUT2D eigenvalue weighted by Crippen LogP contribution is -2.52. The number of hydrogen-bond acceptors (Lipinski definition) is 28. The van der Waals surface area contributed by atoms with Crippen molar-refractivity contribution in [2.75, 3.05) is 98.2 Å². The van der Waals surface area contributed by atoms with Crippen molar-refractivity contribution in [3.63, 3.8) is 0 Å². The maximum Gasteiger partial charge on any atom is 0.438 e. The second kappa shape index (κ2) is 49.8. The topological polar surface area (TPSA) is 391 Å². The van der Waals surface area contributed by atoms with Gasteiger partial charge in [0.1, 0.15) is 93.0 Å². The van der Waals surface area contributed by atoms with E-state index in [2.05, 4.69) is 156 Å². The molecule has 0 saturated heterocycles. The summed E-state index contributed by atoms with van der Waals surface area (Å²) in [6, 6.07) is 46.6. The molecule has 16 rings (SSSR count). The summed E-state index contributed by atoms with van der Waals surface area (Å²) < 4.78 is 5.20. The first-order valence-corrected chi connectivity index (χ1v) is 47.7. The largest absolute Gasteiger partial charge is 0.442 e. The molecule has 9 amide bonds. The van der Waals surface area contributed by atoms with Crippen LogP contribution >= 0.6 is 23.2 Å². The molecule has 38 heteroatoms. The number of benzene rings is 6. The normalized spacial score (nSPS) is 16.8. The van der Waals surface area contributed by atoms with Crippen molar-refractivity contribution in [2.45, 2.75) is 165 Å². The number of rotatable bonds is 30. The molecule has 0 aromatic heterocycles. The molecule has 0 bridgehead atoms. The quantitative estimate of drug-likeness (QED) is 0.0244. The lowest BCUT2D eigenvalue weighted by Gasteiger charge is -2.31. The van der Waals surface area contributed by atoms with E-state index in [9.17, 15) is 43.2 Å². The summed E-state index contributed by atoms with van der Waals surface area (Å²) in [6.07, 6.45) is 20.3. The summed E-state index contributed by atoms with van der Waals surface area (Å²) in [5, 5.41) is 33.9. The lowest BCUT2D eigenvalue weighted by atomic mass is 10.0. The van der Waals surface area contributed by atoms with Crippen LogP contribution < -0.4 is 32.6 Å². The molecule has 137 heavy (non-hydrogen) atoms. The van der Waals surface area contributed by atoms with Crippen molar-refractivity contribution < 1.29 is 47.9 Å². The van der Waals surface area contributed by atoms with E-state index in [-0.39, 0.29) is 93.7 Å². The highest BCUT2D eigenvalue weighted by Gasteiger charge is 2.36. The molecule has 6 N–H and O–H groups in total. The predicted molar refractivity (Wildman–Crippen MR) is 534 cm³/mol. The summed E-state index contributed by atoms with van der Waals surface area (Å²) in [4.78, 5) is 135. The molecular weight excluding hydrogens is 1780 g/mol. The van der Waals surface area contributed by atoms with Crippen molar-refractivity contribution >= 4 is 135 Å². The third kappa shape index (κ3) is 28.7. The van der Waals surface area contributed by atoms with Crippen LogP contribution in [0.1, 0.15) is 204 Å². The number of unbranched alkanes of at least 4 members (excludes halogenated alkanes) is 7. The van der Waals surface area contributed by atoms with Gasteiger partial charge >= 0.3 is 6.09 Å². The van der Waals surface area contributed by atoms with Gasteiger partial charge in [-0.1, -0.05) is 232 Å². The van der Waals surface area contributed by atoms with Gasteiger partial charge in [0.05, 0.1) is 11.4 Å². The smallest absolute Gasteiger partial charge is 0.438 e. The number of allylic oxidation sites excluding steroid dienone is 2. The van der Waals surface area contributed by atoms with E-state index in [1.165, 1.54) is 5.01 Å². The number of hydrogen-bond donors (Lipinski definition) is 6. The molecule has 36 nitrogen and oxygen atoms in total. The van der Waals surface area contributed by atoms with Gasteiger partial charge in [0.2, 0.25) is 0 Å². The molecule has 10 aliphatic rings. The van der Waals surface area contributed by atoms with E-state index in [1.807, 2.05) is 121 Å². The molecule has 0 spiro atoms. The summed E-state index contributed by atoms with van der Waals surface area (Å²) in [5.74, 6) is 4.71. The van der Waals surface area contributed by atoms with E-state index >= 15 is 0 Å². The number of halogens is 2. The molecule has 6 aromatic rings. The van der Waals surface area contributed by atoms with Crippen LogP contribution in [0.2, 0.25) is 10.0 Å². The molecule has 10 aliphatic heterocycles. The third-order valence-corrected chi connectivity index (χ3v) is 22.7. The van der Waals surface area contributed by atoms with E-state index in [0.717, 1.165) is 168 Å². The monoisotopic (exact) mass is 1900 g/mol. The minimum atomic E-state index is -0.800. The Hall–Kier alpha value is -14.3. The van der Waals surface area contributed by atoms with E-state index in [0.29, 0.717) is 96.6 Å². The van der Waals surface area contributed by atoms with Crippen molar-refractivity contribution in [2.24, 2.45) is 50.4 Å². The first-order valence-electron chi connectivity index (χ1n) is 47.0. The molecule has 722 valence electrons. The zero-order valence-corrected chi connectivity index (χ0v) is 81.0.